The number of rotatable bonds is 2. The van der Waals surface area contributed by atoms with E-state index in [9.17, 15) is 4.79 Å². The molecule has 3 heteroatoms. The molecule has 0 fully saturated rings. The van der Waals surface area contributed by atoms with Crippen LogP contribution >= 0.6 is 12.6 Å². The molecule has 1 N–H and O–H groups in total. The fourth-order valence-electron chi connectivity index (χ4n) is 0.0913. The molecule has 0 aliphatic carbocycles. The third kappa shape index (κ3) is 3.82. The van der Waals surface area contributed by atoms with Crippen LogP contribution in [0.5, 0.6) is 0 Å². The van der Waals surface area contributed by atoms with Crippen LogP contribution in [0, 0.1) is 0 Å². The molecule has 0 aliphatic rings. The molecule has 0 aromatic carbocycles. The Kier molecular flexibility index (Phi) is 2.01. The molecule has 0 aromatic rings. The molecule has 6 heavy (non-hydrogen) atoms. The van der Waals surface area contributed by atoms with Gasteiger partial charge in [-0.15, -0.1) is 0 Å². The van der Waals surface area contributed by atoms with E-state index in [-0.39, 0.29) is 6.42 Å². The molecule has 0 heterocycles. The molecule has 0 unspecified atom stereocenters. The van der Waals surface area contributed by atoms with Crippen LogP contribution in [0.2, 0.25) is 0 Å². The Balaban J connectivity index is 3.00. The molecule has 0 saturated carbocycles. The lowest BCUT2D eigenvalue weighted by Gasteiger charge is -1.79. The van der Waals surface area contributed by atoms with Crippen molar-refractivity contribution in [3.63, 3.8) is 0 Å². The number of aliphatic carboxylic acids is 1. The van der Waals surface area contributed by atoms with Gasteiger partial charge in [0.05, 0.1) is 6.42 Å². The molecule has 0 radical (unpaired) electrons. The second-order valence-corrected chi connectivity index (χ2v) is 1.29. The van der Waals surface area contributed by atoms with Gasteiger partial charge in [0.1, 0.15) is 0 Å². The van der Waals surface area contributed by atoms with Gasteiger partial charge in [0, 0.05) is 5.75 Å². The topological polar surface area (TPSA) is 37.3 Å². The van der Waals surface area contributed by atoms with Gasteiger partial charge in [0.2, 0.25) is 0 Å². The van der Waals surface area contributed by atoms with Crippen LogP contribution in [0.3, 0.4) is 0 Å². The van der Waals surface area contributed by atoms with E-state index in [4.69, 9.17) is 1.43 Å². The van der Waals surface area contributed by atoms with Crippen LogP contribution in [0.25, 0.3) is 1.43 Å². The summed E-state index contributed by atoms with van der Waals surface area (Å²) in [4.78, 5) is 9.95. The summed E-state index contributed by atoms with van der Waals surface area (Å²) in [6.45, 7) is 0. The van der Waals surface area contributed by atoms with Crippen LogP contribution in [-0.4, -0.2) is 16.8 Å². The normalized spacial score (nSPS) is 9.83. The molecule has 0 saturated heterocycles. The molecule has 0 amide bonds. The Labute approximate surface area is 43.1 Å². The van der Waals surface area contributed by atoms with E-state index < -0.39 is 5.97 Å². The second kappa shape index (κ2) is 3.03. The quantitative estimate of drug-likeness (QED) is 0.502. The van der Waals surface area contributed by atoms with Gasteiger partial charge in [0.15, 0.2) is 0 Å². The van der Waals surface area contributed by atoms with Gasteiger partial charge in [-0.05, 0) is 0 Å². The highest BCUT2D eigenvalue weighted by molar-refractivity contribution is 7.80. The summed E-state index contributed by atoms with van der Waals surface area (Å²) in [5.41, 5.74) is 0. The number of thiol groups is 1. The van der Waals surface area contributed by atoms with Crippen LogP contribution < -0.4 is 0 Å². The average Bonchev–Trinajstić information content (AvgIpc) is 1.68. The smallest absolute Gasteiger partial charge is 0.304 e. The van der Waals surface area contributed by atoms with E-state index in [0.717, 1.165) is 0 Å². The van der Waals surface area contributed by atoms with Crippen molar-refractivity contribution in [3.05, 3.63) is 0 Å². The monoisotopic (exact) mass is 108 g/mol. The Morgan fingerprint density at radius 3 is 3.00 bits per heavy atom. The van der Waals surface area contributed by atoms with Crippen LogP contribution in [0.1, 0.15) is 6.42 Å². The largest absolute Gasteiger partial charge is 0.481 e. The van der Waals surface area contributed by atoms with Gasteiger partial charge < -0.3 is 5.11 Å². The maximum absolute atomic E-state index is 9.95. The van der Waals surface area contributed by atoms with Crippen molar-refractivity contribution in [2.24, 2.45) is 0 Å². The van der Waals surface area contributed by atoms with Crippen molar-refractivity contribution in [2.45, 2.75) is 6.42 Å². The van der Waals surface area contributed by atoms with Crippen LogP contribution in [0.15, 0.2) is 0 Å². The average molecular weight is 108 g/mol. The minimum absolute atomic E-state index is 0.215. The molecule has 36 valence electrons. The Hall–Kier alpha value is -0.180. The Bertz CT molecular complexity index is 66.0. The van der Waals surface area contributed by atoms with Gasteiger partial charge >= 0.3 is 5.97 Å². The lowest BCUT2D eigenvalue weighted by Crippen LogP contribution is -1.93. The summed E-state index contributed by atoms with van der Waals surface area (Å²) in [7, 11) is 0. The minimum atomic E-state index is -0.532. The first-order valence-electron chi connectivity index (χ1n) is 1.99. The summed E-state index contributed by atoms with van der Waals surface area (Å²) in [6.07, 6.45) is 0.215. The van der Waals surface area contributed by atoms with Crippen molar-refractivity contribution in [2.75, 3.05) is 5.75 Å². The number of hydrogen-bond donors (Lipinski definition) is 2. The SMILES string of the molecule is [3H]OC(=O)CCS. The second-order valence-electron chi connectivity index (χ2n) is 0.846. The summed E-state index contributed by atoms with van der Waals surface area (Å²) in [5.74, 6) is -0.0902. The van der Waals surface area contributed by atoms with E-state index in [0.29, 0.717) is 5.75 Å². The first-order valence-corrected chi connectivity index (χ1v) is 2.21. The van der Waals surface area contributed by atoms with Gasteiger partial charge in [-0.3, -0.25) is 4.79 Å². The zero-order valence-corrected chi connectivity index (χ0v) is 4.07. The van der Waals surface area contributed by atoms with Crippen molar-refractivity contribution in [1.82, 2.24) is 0 Å². The molecule has 2 nitrogen and oxygen atoms in total. The standard InChI is InChI=1S/C3H6O2S/c4-3(5)1-2-6/h6H,1-2H2,(H,4,5)/i/hT. The highest BCUT2D eigenvalue weighted by Gasteiger charge is 1.88. The number of carboxylic acids is 1. The Morgan fingerprint density at radius 1 is 2.17 bits per heavy atom. The van der Waals surface area contributed by atoms with Crippen LogP contribution in [0.4, 0.5) is 0 Å². The van der Waals surface area contributed by atoms with Crippen molar-refractivity contribution >= 4 is 18.6 Å². The van der Waals surface area contributed by atoms with Crippen molar-refractivity contribution in [1.29, 1.82) is 1.43 Å². The number of hydrogen-bond acceptors (Lipinski definition) is 3. The van der Waals surface area contributed by atoms with Crippen molar-refractivity contribution < 1.29 is 9.90 Å². The third-order valence-electron chi connectivity index (χ3n) is 0.316. The molecular weight excluding hydrogens is 100 g/mol. The lowest BCUT2D eigenvalue weighted by molar-refractivity contribution is -0.136. The molecule has 0 aliphatic heterocycles. The van der Waals surface area contributed by atoms with Crippen molar-refractivity contribution in [3.8, 4) is 0 Å². The van der Waals surface area contributed by atoms with E-state index in [1.807, 2.05) is 0 Å². The molecule has 0 atom stereocenters. The molecule has 0 rings (SSSR count). The lowest BCUT2D eigenvalue weighted by atomic mass is 10.5. The van der Waals surface area contributed by atoms with E-state index in [2.05, 4.69) is 17.7 Å². The minimum Gasteiger partial charge on any atom is -0.481 e. The maximum atomic E-state index is 9.95. The molecule has 0 aromatic heterocycles. The van der Waals surface area contributed by atoms with E-state index in [1.165, 1.54) is 0 Å². The van der Waals surface area contributed by atoms with Crippen LogP contribution in [-0.2, 0) is 4.79 Å². The first kappa shape index (κ1) is 3.99. The molecular formula is C3H6O2S. The number of carboxylic acid groups (broad SMARTS) is 1. The third-order valence-corrected chi connectivity index (χ3v) is 0.540. The predicted octanol–water partition coefficient (Wildman–Crippen LogP) is 0.391. The zero-order chi connectivity index (χ0) is 5.70. The zero-order valence-electron chi connectivity index (χ0n) is 4.18. The van der Waals surface area contributed by atoms with E-state index in [1.54, 1.807) is 0 Å². The fourth-order valence-corrected chi connectivity index (χ4v) is 0.274. The fraction of sp³-hybridized carbons (Fsp3) is 0.667. The highest BCUT2D eigenvalue weighted by Crippen LogP contribution is 1.79. The number of carbonyl (C=O) groups is 1. The maximum Gasteiger partial charge on any atom is 0.304 e. The van der Waals surface area contributed by atoms with Gasteiger partial charge in [-0.1, -0.05) is 0 Å². The summed E-state index contributed by atoms with van der Waals surface area (Å²) >= 11 is 3.73. The Morgan fingerprint density at radius 2 is 2.83 bits per heavy atom. The molecule has 0 spiro atoms. The van der Waals surface area contributed by atoms with Gasteiger partial charge in [-0.25, -0.2) is 0 Å². The summed E-state index contributed by atoms with van der Waals surface area (Å²) in [5, 5.41) is 3.55. The highest BCUT2D eigenvalue weighted by atomic mass is 32.1. The summed E-state index contributed by atoms with van der Waals surface area (Å²) in [6, 6.07) is 0. The van der Waals surface area contributed by atoms with E-state index >= 15 is 0 Å². The first-order chi connectivity index (χ1) is 3.31. The van der Waals surface area contributed by atoms with Gasteiger partial charge in [0.25, 0.3) is 1.43 Å². The predicted molar refractivity (Wildman–Crippen MR) is 26.1 cm³/mol. The molecule has 0 bridgehead atoms. The summed E-state index contributed by atoms with van der Waals surface area (Å²) < 4.78 is 6.03. The van der Waals surface area contributed by atoms with Gasteiger partial charge in [-0.2, -0.15) is 12.6 Å².